The molecule has 0 aromatic carbocycles. The molecule has 0 bridgehead atoms. The minimum atomic E-state index is -3.05. The number of nitrogens with zero attached hydrogens (tertiary/aromatic N) is 2. The summed E-state index contributed by atoms with van der Waals surface area (Å²) in [6, 6.07) is 1.85. The molecule has 1 aromatic heterocycles. The fourth-order valence-electron chi connectivity index (χ4n) is 1.24. The summed E-state index contributed by atoms with van der Waals surface area (Å²) in [5.41, 5.74) is 0. The first-order chi connectivity index (χ1) is 7.14. The van der Waals surface area contributed by atoms with Crippen molar-refractivity contribution in [3.05, 3.63) is 18.5 Å². The lowest BCUT2D eigenvalue weighted by Crippen LogP contribution is -2.27. The third kappa shape index (κ3) is 4.94. The number of aromatic nitrogens is 2. The molecule has 0 saturated carbocycles. The molecule has 0 unspecified atom stereocenters. The molecule has 0 atom stereocenters. The topological polar surface area (TPSA) is 64.0 Å². The summed E-state index contributed by atoms with van der Waals surface area (Å²) in [6.45, 7) is 3.06. The second-order valence-corrected chi connectivity index (χ2v) is 5.26. The van der Waals surface area contributed by atoms with Crippen molar-refractivity contribution in [2.24, 2.45) is 0 Å². The first kappa shape index (κ1) is 12.2. The van der Waals surface area contributed by atoms with Gasteiger partial charge in [-0.15, -0.1) is 0 Å². The summed E-state index contributed by atoms with van der Waals surface area (Å²) in [7, 11) is -3.05. The molecule has 0 aliphatic carbocycles. The largest absolute Gasteiger partial charge is 0.273 e. The Kier molecular flexibility index (Phi) is 4.77. The van der Waals surface area contributed by atoms with Crippen LogP contribution in [-0.4, -0.2) is 30.5 Å². The van der Waals surface area contributed by atoms with E-state index in [9.17, 15) is 8.42 Å². The van der Waals surface area contributed by atoms with Gasteiger partial charge in [-0.1, -0.05) is 6.92 Å². The van der Waals surface area contributed by atoms with Crippen molar-refractivity contribution < 1.29 is 8.42 Å². The molecule has 0 aliphatic rings. The van der Waals surface area contributed by atoms with Crippen LogP contribution in [0.1, 0.15) is 19.8 Å². The maximum atomic E-state index is 11.3. The molecule has 15 heavy (non-hydrogen) atoms. The third-order valence-corrected chi connectivity index (χ3v) is 3.51. The molecule has 86 valence electrons. The first-order valence-corrected chi connectivity index (χ1v) is 6.74. The molecule has 1 aromatic rings. The van der Waals surface area contributed by atoms with Gasteiger partial charge in [0, 0.05) is 25.5 Å². The van der Waals surface area contributed by atoms with Gasteiger partial charge in [0.15, 0.2) is 0 Å². The minimum Gasteiger partial charge on any atom is -0.273 e. The van der Waals surface area contributed by atoms with E-state index >= 15 is 0 Å². The van der Waals surface area contributed by atoms with Gasteiger partial charge in [0.1, 0.15) is 0 Å². The molecular weight excluding hydrogens is 214 g/mol. The van der Waals surface area contributed by atoms with Crippen molar-refractivity contribution in [1.82, 2.24) is 14.5 Å². The van der Waals surface area contributed by atoms with Crippen LogP contribution < -0.4 is 4.72 Å². The number of nitrogens with one attached hydrogen (secondary N) is 1. The quantitative estimate of drug-likeness (QED) is 0.699. The highest BCUT2D eigenvalue weighted by molar-refractivity contribution is 7.89. The van der Waals surface area contributed by atoms with Crippen molar-refractivity contribution in [3.63, 3.8) is 0 Å². The van der Waals surface area contributed by atoms with Gasteiger partial charge >= 0.3 is 0 Å². The Balaban J connectivity index is 2.17. The Bertz CT molecular complexity index is 359. The molecule has 0 radical (unpaired) electrons. The number of sulfonamides is 1. The van der Waals surface area contributed by atoms with Crippen LogP contribution in [0.4, 0.5) is 0 Å². The van der Waals surface area contributed by atoms with Crippen LogP contribution in [-0.2, 0) is 16.6 Å². The van der Waals surface area contributed by atoms with E-state index in [-0.39, 0.29) is 5.75 Å². The van der Waals surface area contributed by atoms with E-state index in [0.29, 0.717) is 13.0 Å². The molecule has 0 fully saturated rings. The lowest BCUT2D eigenvalue weighted by atomic mass is 10.4. The predicted molar refractivity (Wildman–Crippen MR) is 58.9 cm³/mol. The maximum Gasteiger partial charge on any atom is 0.211 e. The van der Waals surface area contributed by atoms with Gasteiger partial charge in [0.2, 0.25) is 10.0 Å². The zero-order valence-corrected chi connectivity index (χ0v) is 9.70. The second-order valence-electron chi connectivity index (χ2n) is 3.34. The van der Waals surface area contributed by atoms with Gasteiger partial charge in [-0.3, -0.25) is 4.68 Å². The standard InChI is InChI=1S/C9H17N3O2S/c1-2-9-15(13,14)11-6-4-8-12-7-3-5-10-12/h3,5,7,11H,2,4,6,8-9H2,1H3. The SMILES string of the molecule is CCCS(=O)(=O)NCCCn1cccn1. The van der Waals surface area contributed by atoms with Gasteiger partial charge in [0.25, 0.3) is 0 Å². The average Bonchev–Trinajstić information content (AvgIpc) is 2.65. The van der Waals surface area contributed by atoms with Crippen LogP contribution in [0.3, 0.4) is 0 Å². The van der Waals surface area contributed by atoms with Gasteiger partial charge in [-0.2, -0.15) is 5.10 Å². The highest BCUT2D eigenvalue weighted by Crippen LogP contribution is 1.91. The van der Waals surface area contributed by atoms with E-state index < -0.39 is 10.0 Å². The summed E-state index contributed by atoms with van der Waals surface area (Å²) in [4.78, 5) is 0. The molecule has 0 aliphatic heterocycles. The molecule has 0 saturated heterocycles. The molecule has 5 nitrogen and oxygen atoms in total. The fraction of sp³-hybridized carbons (Fsp3) is 0.667. The predicted octanol–water partition coefficient (Wildman–Crippen LogP) is 0.603. The van der Waals surface area contributed by atoms with Crippen LogP contribution in [0.5, 0.6) is 0 Å². The second kappa shape index (κ2) is 5.87. The van der Waals surface area contributed by atoms with Gasteiger partial charge in [-0.05, 0) is 18.9 Å². The van der Waals surface area contributed by atoms with Crippen LogP contribution >= 0.6 is 0 Å². The van der Waals surface area contributed by atoms with E-state index in [1.165, 1.54) is 0 Å². The lowest BCUT2D eigenvalue weighted by Gasteiger charge is -2.05. The summed E-state index contributed by atoms with van der Waals surface area (Å²) in [6.07, 6.45) is 4.97. The Morgan fingerprint density at radius 3 is 2.87 bits per heavy atom. The van der Waals surface area contributed by atoms with Crippen molar-refractivity contribution in [2.75, 3.05) is 12.3 Å². The molecule has 0 amide bonds. The average molecular weight is 231 g/mol. The van der Waals surface area contributed by atoms with Crippen LogP contribution in [0.15, 0.2) is 18.5 Å². The number of rotatable bonds is 7. The Hall–Kier alpha value is -0.880. The normalized spacial score (nSPS) is 11.8. The van der Waals surface area contributed by atoms with Crippen molar-refractivity contribution in [1.29, 1.82) is 0 Å². The Morgan fingerprint density at radius 2 is 2.27 bits per heavy atom. The summed E-state index contributed by atoms with van der Waals surface area (Å²) in [5.74, 6) is 0.203. The highest BCUT2D eigenvalue weighted by atomic mass is 32.2. The van der Waals surface area contributed by atoms with E-state index in [1.54, 1.807) is 10.9 Å². The molecule has 0 spiro atoms. The maximum absolute atomic E-state index is 11.3. The zero-order chi connectivity index (χ0) is 11.1. The van der Waals surface area contributed by atoms with Crippen molar-refractivity contribution in [3.8, 4) is 0 Å². The molecular formula is C9H17N3O2S. The molecule has 1 heterocycles. The Morgan fingerprint density at radius 1 is 1.47 bits per heavy atom. The van der Waals surface area contributed by atoms with E-state index in [0.717, 1.165) is 13.0 Å². The zero-order valence-electron chi connectivity index (χ0n) is 8.89. The smallest absolute Gasteiger partial charge is 0.211 e. The molecule has 1 N–H and O–H groups in total. The third-order valence-electron chi connectivity index (χ3n) is 1.92. The number of hydrogen-bond acceptors (Lipinski definition) is 3. The van der Waals surface area contributed by atoms with E-state index in [1.807, 2.05) is 19.2 Å². The summed E-state index contributed by atoms with van der Waals surface area (Å²) in [5, 5.41) is 4.03. The van der Waals surface area contributed by atoms with E-state index in [2.05, 4.69) is 9.82 Å². The fourth-order valence-corrected chi connectivity index (χ4v) is 2.38. The van der Waals surface area contributed by atoms with Crippen molar-refractivity contribution >= 4 is 10.0 Å². The van der Waals surface area contributed by atoms with Crippen LogP contribution in [0.25, 0.3) is 0 Å². The Labute approximate surface area is 90.5 Å². The van der Waals surface area contributed by atoms with E-state index in [4.69, 9.17) is 0 Å². The van der Waals surface area contributed by atoms with Crippen LogP contribution in [0.2, 0.25) is 0 Å². The van der Waals surface area contributed by atoms with Crippen molar-refractivity contribution in [2.45, 2.75) is 26.3 Å². The number of hydrogen-bond donors (Lipinski definition) is 1. The minimum absolute atomic E-state index is 0.203. The van der Waals surface area contributed by atoms with Gasteiger partial charge in [-0.25, -0.2) is 13.1 Å². The summed E-state index contributed by atoms with van der Waals surface area (Å²) < 4.78 is 26.9. The lowest BCUT2D eigenvalue weighted by molar-refractivity contribution is 0.552. The molecule has 6 heteroatoms. The van der Waals surface area contributed by atoms with Gasteiger partial charge < -0.3 is 0 Å². The van der Waals surface area contributed by atoms with Crippen LogP contribution in [0, 0.1) is 0 Å². The highest BCUT2D eigenvalue weighted by Gasteiger charge is 2.06. The number of aryl methyl sites for hydroxylation is 1. The molecule has 1 rings (SSSR count). The first-order valence-electron chi connectivity index (χ1n) is 5.09. The monoisotopic (exact) mass is 231 g/mol. The van der Waals surface area contributed by atoms with Gasteiger partial charge in [0.05, 0.1) is 5.75 Å². The summed E-state index contributed by atoms with van der Waals surface area (Å²) >= 11 is 0.